The van der Waals surface area contributed by atoms with E-state index >= 15 is 0 Å². The van der Waals surface area contributed by atoms with E-state index in [1.807, 2.05) is 0 Å². The summed E-state index contributed by atoms with van der Waals surface area (Å²) in [6, 6.07) is 0. The van der Waals surface area contributed by atoms with Crippen molar-refractivity contribution < 1.29 is 13.2 Å². The first-order chi connectivity index (χ1) is 5.54. The van der Waals surface area contributed by atoms with E-state index in [0.717, 1.165) is 19.3 Å². The third-order valence-electron chi connectivity index (χ3n) is 3.58. The Morgan fingerprint density at radius 3 is 2.42 bits per heavy atom. The van der Waals surface area contributed by atoms with Crippen molar-refractivity contribution in [2.75, 3.05) is 0 Å². The largest absolute Gasteiger partial charge is 0.394 e. The highest BCUT2D eigenvalue weighted by Gasteiger charge is 2.58. The van der Waals surface area contributed by atoms with E-state index < -0.39 is 11.6 Å². The number of fused-ring (bicyclic) bond motifs is 2. The maximum absolute atomic E-state index is 12.6. The van der Waals surface area contributed by atoms with E-state index in [1.54, 1.807) is 0 Å². The summed E-state index contributed by atoms with van der Waals surface area (Å²) in [6.07, 6.45) is -0.144. The van der Waals surface area contributed by atoms with Crippen LogP contribution in [-0.2, 0) is 0 Å². The molecule has 12 heavy (non-hydrogen) atoms. The average molecular weight is 178 g/mol. The van der Waals surface area contributed by atoms with Crippen LogP contribution in [0.15, 0.2) is 0 Å². The van der Waals surface area contributed by atoms with Crippen molar-refractivity contribution in [3.05, 3.63) is 0 Å². The minimum absolute atomic E-state index is 0.375. The Hall–Kier alpha value is -0.210. The lowest BCUT2D eigenvalue weighted by molar-refractivity contribution is -0.229. The molecule has 0 aliphatic heterocycles. The van der Waals surface area contributed by atoms with Gasteiger partial charge in [-0.25, -0.2) is 0 Å². The molecule has 0 spiro atoms. The van der Waals surface area contributed by atoms with Crippen LogP contribution in [0.5, 0.6) is 0 Å². The van der Waals surface area contributed by atoms with Gasteiger partial charge in [-0.2, -0.15) is 13.2 Å². The second-order valence-electron chi connectivity index (χ2n) is 4.28. The molecule has 0 amide bonds. The first kappa shape index (κ1) is 8.39. The number of alkyl halides is 3. The van der Waals surface area contributed by atoms with Gasteiger partial charge in [0, 0.05) is 0 Å². The highest BCUT2D eigenvalue weighted by atomic mass is 19.4. The Bertz CT molecular complexity index is 181. The molecule has 2 aliphatic rings. The van der Waals surface area contributed by atoms with Crippen molar-refractivity contribution in [3.8, 4) is 0 Å². The van der Waals surface area contributed by atoms with Gasteiger partial charge >= 0.3 is 6.18 Å². The van der Waals surface area contributed by atoms with Crippen LogP contribution >= 0.6 is 0 Å². The Kier molecular flexibility index (Phi) is 1.67. The van der Waals surface area contributed by atoms with Crippen molar-refractivity contribution >= 4 is 0 Å². The number of hydrogen-bond acceptors (Lipinski definition) is 0. The topological polar surface area (TPSA) is 0 Å². The van der Waals surface area contributed by atoms with Gasteiger partial charge in [0.15, 0.2) is 0 Å². The molecule has 70 valence electrons. The van der Waals surface area contributed by atoms with Crippen molar-refractivity contribution in [1.29, 1.82) is 0 Å². The lowest BCUT2D eigenvalue weighted by Crippen LogP contribution is -2.37. The predicted octanol–water partition coefficient (Wildman–Crippen LogP) is 3.52. The van der Waals surface area contributed by atoms with Crippen LogP contribution in [0.1, 0.15) is 38.5 Å². The molecule has 2 atom stereocenters. The average Bonchev–Trinajstić information content (AvgIpc) is 2.27. The summed E-state index contributed by atoms with van der Waals surface area (Å²) in [7, 11) is 0. The fourth-order valence-corrected chi connectivity index (χ4v) is 2.84. The summed E-state index contributed by atoms with van der Waals surface area (Å²) < 4.78 is 37.9. The second kappa shape index (κ2) is 2.39. The molecule has 0 aromatic heterocycles. The summed E-state index contributed by atoms with van der Waals surface area (Å²) in [6.45, 7) is 0. The fourth-order valence-electron chi connectivity index (χ4n) is 2.84. The van der Waals surface area contributed by atoms with Crippen molar-refractivity contribution in [2.24, 2.45) is 11.3 Å². The Balaban J connectivity index is 2.21. The lowest BCUT2D eigenvalue weighted by Gasteiger charge is -2.34. The Morgan fingerprint density at radius 1 is 1.08 bits per heavy atom. The molecule has 2 fully saturated rings. The monoisotopic (exact) mass is 178 g/mol. The second-order valence-corrected chi connectivity index (χ2v) is 4.28. The van der Waals surface area contributed by atoms with E-state index in [4.69, 9.17) is 0 Å². The van der Waals surface area contributed by atoms with E-state index in [0.29, 0.717) is 25.2 Å². The van der Waals surface area contributed by atoms with Crippen LogP contribution in [0.2, 0.25) is 0 Å². The van der Waals surface area contributed by atoms with Crippen molar-refractivity contribution in [2.45, 2.75) is 44.7 Å². The minimum atomic E-state index is -3.94. The zero-order chi connectivity index (χ0) is 8.82. The molecule has 0 heterocycles. The van der Waals surface area contributed by atoms with Gasteiger partial charge in [-0.1, -0.05) is 12.8 Å². The Morgan fingerprint density at radius 2 is 1.83 bits per heavy atom. The summed E-state index contributed by atoms with van der Waals surface area (Å²) in [4.78, 5) is 0. The number of rotatable bonds is 0. The van der Waals surface area contributed by atoms with Gasteiger partial charge in [-0.3, -0.25) is 0 Å². The van der Waals surface area contributed by atoms with E-state index in [2.05, 4.69) is 0 Å². The zero-order valence-corrected chi connectivity index (χ0v) is 6.95. The maximum Gasteiger partial charge on any atom is 0.394 e. The van der Waals surface area contributed by atoms with Crippen LogP contribution in [0.25, 0.3) is 0 Å². The molecule has 2 bridgehead atoms. The summed E-state index contributed by atoms with van der Waals surface area (Å²) >= 11 is 0. The highest BCUT2D eigenvalue weighted by molar-refractivity contribution is 4.97. The molecule has 0 saturated heterocycles. The van der Waals surface area contributed by atoms with Gasteiger partial charge in [-0.05, 0) is 31.6 Å². The van der Waals surface area contributed by atoms with E-state index in [1.165, 1.54) is 0 Å². The molecular formula is C9H13F3. The molecule has 0 N–H and O–H groups in total. The molecule has 2 unspecified atom stereocenters. The molecule has 2 saturated carbocycles. The first-order valence-electron chi connectivity index (χ1n) is 4.60. The maximum atomic E-state index is 12.6. The van der Waals surface area contributed by atoms with Crippen LogP contribution in [0, 0.1) is 11.3 Å². The van der Waals surface area contributed by atoms with Gasteiger partial charge in [0.1, 0.15) is 0 Å². The Labute approximate surface area is 70.1 Å². The molecular weight excluding hydrogens is 165 g/mol. The fraction of sp³-hybridized carbons (Fsp3) is 1.00. The molecule has 0 aromatic carbocycles. The molecule has 2 rings (SSSR count). The van der Waals surface area contributed by atoms with Gasteiger partial charge in [0.25, 0.3) is 0 Å². The predicted molar refractivity (Wildman–Crippen MR) is 39.7 cm³/mol. The number of hydrogen-bond donors (Lipinski definition) is 0. The van der Waals surface area contributed by atoms with Crippen molar-refractivity contribution in [1.82, 2.24) is 0 Å². The van der Waals surface area contributed by atoms with Gasteiger partial charge in [0.2, 0.25) is 0 Å². The SMILES string of the molecule is FC(F)(F)C12CCCC(CC1)C2. The molecule has 0 nitrogen and oxygen atoms in total. The van der Waals surface area contributed by atoms with E-state index in [9.17, 15) is 13.2 Å². The van der Waals surface area contributed by atoms with Crippen LogP contribution < -0.4 is 0 Å². The van der Waals surface area contributed by atoms with Crippen LogP contribution in [0.4, 0.5) is 13.2 Å². The third kappa shape index (κ3) is 1.05. The first-order valence-corrected chi connectivity index (χ1v) is 4.60. The molecule has 0 aromatic rings. The van der Waals surface area contributed by atoms with Crippen molar-refractivity contribution in [3.63, 3.8) is 0 Å². The smallest absolute Gasteiger partial charge is 0.171 e. The minimum Gasteiger partial charge on any atom is -0.171 e. The van der Waals surface area contributed by atoms with Crippen LogP contribution in [-0.4, -0.2) is 6.18 Å². The number of halogens is 3. The normalized spacial score (nSPS) is 41.8. The summed E-state index contributed by atoms with van der Waals surface area (Å²) in [5.41, 5.74) is -1.27. The molecule has 2 aliphatic carbocycles. The third-order valence-corrected chi connectivity index (χ3v) is 3.58. The van der Waals surface area contributed by atoms with Crippen LogP contribution in [0.3, 0.4) is 0 Å². The molecule has 0 radical (unpaired) electrons. The summed E-state index contributed by atoms with van der Waals surface area (Å²) in [5.74, 6) is 0.375. The van der Waals surface area contributed by atoms with Gasteiger partial charge in [-0.15, -0.1) is 0 Å². The molecule has 3 heteroatoms. The van der Waals surface area contributed by atoms with Gasteiger partial charge < -0.3 is 0 Å². The summed E-state index contributed by atoms with van der Waals surface area (Å²) in [5, 5.41) is 0. The van der Waals surface area contributed by atoms with Gasteiger partial charge in [0.05, 0.1) is 5.41 Å². The standard InChI is InChI=1S/C9H13F3/c10-9(11,12)8-4-1-2-7(6-8)3-5-8/h7H,1-6H2. The lowest BCUT2D eigenvalue weighted by atomic mass is 9.75. The quantitative estimate of drug-likeness (QED) is 0.532. The zero-order valence-electron chi connectivity index (χ0n) is 6.95. The highest BCUT2D eigenvalue weighted by Crippen LogP contribution is 2.59. The van der Waals surface area contributed by atoms with E-state index in [-0.39, 0.29) is 0 Å².